The Hall–Kier alpha value is -4.32. The number of benzene rings is 1. The molecule has 0 unspecified atom stereocenters. The molecule has 1 saturated heterocycles. The molecular weight excluding hydrogens is 501 g/mol. The van der Waals surface area contributed by atoms with Gasteiger partial charge in [-0.3, -0.25) is 14.8 Å². The quantitative estimate of drug-likeness (QED) is 0.394. The second-order valence-corrected chi connectivity index (χ2v) is 9.67. The summed E-state index contributed by atoms with van der Waals surface area (Å²) < 4.78 is 20.2. The van der Waals surface area contributed by atoms with E-state index in [2.05, 4.69) is 42.5 Å². The van der Waals surface area contributed by atoms with E-state index in [9.17, 15) is 9.18 Å². The molecule has 2 aliphatic rings. The highest BCUT2D eigenvalue weighted by atomic mass is 19.1. The van der Waals surface area contributed by atoms with Crippen molar-refractivity contribution in [2.45, 2.75) is 20.8 Å². The highest BCUT2D eigenvalue weighted by Gasteiger charge is 2.22. The second kappa shape index (κ2) is 13.0. The molecule has 0 aliphatic carbocycles. The summed E-state index contributed by atoms with van der Waals surface area (Å²) in [6.07, 6.45) is 4.63. The zero-order valence-corrected chi connectivity index (χ0v) is 23.0. The Morgan fingerprint density at radius 1 is 1.28 bits per heavy atom. The third-order valence-corrected chi connectivity index (χ3v) is 5.84. The molecule has 0 atom stereocenters. The SMILES string of the molecule is C=C/N=C1/C=NC(N2CCOCC2)=N/C1=C(/N)Nc1cc(C(=O)N/C(=C/C(=N\C)C(C)(C)C)NC)ccc1F. The lowest BCUT2D eigenvalue weighted by Gasteiger charge is -2.29. The Labute approximate surface area is 228 Å². The van der Waals surface area contributed by atoms with Crippen molar-refractivity contribution in [1.82, 2.24) is 15.5 Å². The first-order valence-electron chi connectivity index (χ1n) is 12.5. The van der Waals surface area contributed by atoms with E-state index in [0.29, 0.717) is 43.8 Å². The molecule has 1 amide bonds. The molecule has 1 aromatic rings. The lowest BCUT2D eigenvalue weighted by molar-refractivity contribution is 0.0676. The van der Waals surface area contributed by atoms with Crippen LogP contribution in [0.3, 0.4) is 0 Å². The van der Waals surface area contributed by atoms with Gasteiger partial charge in [-0.05, 0) is 18.2 Å². The lowest BCUT2D eigenvalue weighted by atomic mass is 9.89. The van der Waals surface area contributed by atoms with Crippen molar-refractivity contribution in [2.75, 3.05) is 45.7 Å². The van der Waals surface area contributed by atoms with Crippen molar-refractivity contribution in [3.63, 3.8) is 0 Å². The van der Waals surface area contributed by atoms with Crippen LogP contribution in [0.1, 0.15) is 31.1 Å². The number of halogens is 1. The van der Waals surface area contributed by atoms with Gasteiger partial charge in [-0.2, -0.15) is 0 Å². The summed E-state index contributed by atoms with van der Waals surface area (Å²) in [5.74, 6) is -0.106. The number of morpholine rings is 1. The molecular formula is C27H36FN9O2. The van der Waals surface area contributed by atoms with Gasteiger partial charge in [0.1, 0.15) is 28.9 Å². The number of allylic oxidation sites excluding steroid dienone is 2. The van der Waals surface area contributed by atoms with E-state index in [1.807, 2.05) is 25.7 Å². The molecule has 0 bridgehead atoms. The average molecular weight is 538 g/mol. The van der Waals surface area contributed by atoms with Crippen LogP contribution in [0, 0.1) is 11.2 Å². The Morgan fingerprint density at radius 3 is 2.62 bits per heavy atom. The van der Waals surface area contributed by atoms with Gasteiger partial charge in [0.05, 0.1) is 25.1 Å². The van der Waals surface area contributed by atoms with Crippen LogP contribution in [0.15, 0.2) is 74.4 Å². The van der Waals surface area contributed by atoms with Crippen LogP contribution in [-0.4, -0.2) is 74.8 Å². The maximum absolute atomic E-state index is 14.8. The average Bonchev–Trinajstić information content (AvgIpc) is 2.92. The molecule has 2 aliphatic heterocycles. The van der Waals surface area contributed by atoms with E-state index in [4.69, 9.17) is 10.5 Å². The van der Waals surface area contributed by atoms with Crippen LogP contribution in [0.2, 0.25) is 0 Å². The molecule has 5 N–H and O–H groups in total. The first-order valence-corrected chi connectivity index (χ1v) is 12.5. The Morgan fingerprint density at radius 2 is 2.00 bits per heavy atom. The Bertz CT molecular complexity index is 1280. The zero-order chi connectivity index (χ0) is 28.6. The minimum absolute atomic E-state index is 0.00303. The number of nitrogens with zero attached hydrogens (tertiary/aromatic N) is 5. The van der Waals surface area contributed by atoms with Gasteiger partial charge in [0, 0.05) is 56.2 Å². The predicted molar refractivity (Wildman–Crippen MR) is 155 cm³/mol. The number of guanidine groups is 1. The summed E-state index contributed by atoms with van der Waals surface area (Å²) in [5.41, 5.74) is 7.75. The van der Waals surface area contributed by atoms with Gasteiger partial charge in [-0.1, -0.05) is 27.4 Å². The minimum Gasteiger partial charge on any atom is -0.383 e. The van der Waals surface area contributed by atoms with Crippen LogP contribution < -0.4 is 21.7 Å². The number of anilines is 1. The molecule has 11 nitrogen and oxygen atoms in total. The van der Waals surface area contributed by atoms with Gasteiger partial charge in [-0.25, -0.2) is 14.4 Å². The van der Waals surface area contributed by atoms with Gasteiger partial charge in [0.25, 0.3) is 5.91 Å². The first-order chi connectivity index (χ1) is 18.6. The van der Waals surface area contributed by atoms with Crippen molar-refractivity contribution in [1.29, 1.82) is 0 Å². The van der Waals surface area contributed by atoms with Crippen molar-refractivity contribution < 1.29 is 13.9 Å². The van der Waals surface area contributed by atoms with Crippen LogP contribution in [0.5, 0.6) is 0 Å². The number of nitrogens with one attached hydrogen (secondary N) is 3. The van der Waals surface area contributed by atoms with Crippen LogP contribution in [-0.2, 0) is 4.74 Å². The highest BCUT2D eigenvalue weighted by Crippen LogP contribution is 2.21. The maximum atomic E-state index is 14.8. The van der Waals surface area contributed by atoms with Gasteiger partial charge < -0.3 is 31.3 Å². The number of nitrogens with two attached hydrogens (primary N) is 1. The van der Waals surface area contributed by atoms with Crippen molar-refractivity contribution in [2.24, 2.45) is 31.1 Å². The first kappa shape index (κ1) is 29.2. The fourth-order valence-corrected chi connectivity index (χ4v) is 3.76. The summed E-state index contributed by atoms with van der Waals surface area (Å²) in [5, 5.41) is 8.60. The largest absolute Gasteiger partial charge is 0.383 e. The third kappa shape index (κ3) is 7.60. The number of amides is 1. The lowest BCUT2D eigenvalue weighted by Crippen LogP contribution is -2.41. The van der Waals surface area contributed by atoms with E-state index in [0.717, 1.165) is 5.71 Å². The van der Waals surface area contributed by atoms with Crippen molar-refractivity contribution in [3.05, 3.63) is 65.8 Å². The fraction of sp³-hybridized carbons (Fsp3) is 0.370. The number of hydrogen-bond acceptors (Lipinski definition) is 10. The summed E-state index contributed by atoms with van der Waals surface area (Å²) in [6, 6.07) is 3.95. The van der Waals surface area contributed by atoms with E-state index >= 15 is 0 Å². The molecule has 0 spiro atoms. The van der Waals surface area contributed by atoms with E-state index in [1.165, 1.54) is 30.6 Å². The number of ether oxygens (including phenoxy) is 1. The van der Waals surface area contributed by atoms with Crippen molar-refractivity contribution >= 4 is 35.2 Å². The number of carbonyl (C=O) groups excluding carboxylic acids is 1. The summed E-state index contributed by atoms with van der Waals surface area (Å²) >= 11 is 0. The Balaban J connectivity index is 1.89. The molecule has 0 saturated carbocycles. The summed E-state index contributed by atoms with van der Waals surface area (Å²) in [7, 11) is 3.38. The van der Waals surface area contributed by atoms with Gasteiger partial charge in [0.2, 0.25) is 5.96 Å². The fourth-order valence-electron chi connectivity index (χ4n) is 3.76. The second-order valence-electron chi connectivity index (χ2n) is 9.67. The number of hydrogen-bond donors (Lipinski definition) is 4. The summed E-state index contributed by atoms with van der Waals surface area (Å²) in [6.45, 7) is 12.1. The standard InChI is InChI=1S/C27H36FN9O2/c1-7-32-20-16-33-26(37-10-12-39-13-11-37)36-23(20)24(29)34-19-14-17(8-9-18(19)28)25(38)35-22(31-6)15-21(30-5)27(2,3)4/h7-9,14-16,31,34H,1,10-13,29H2,2-6H3,(H,35,38)/b22-15+,24-23-,30-21+,32-20-. The number of rotatable bonds is 7. The number of aliphatic imine (C=N–C) groups is 4. The molecule has 2 heterocycles. The molecule has 208 valence electrons. The summed E-state index contributed by atoms with van der Waals surface area (Å²) in [4.78, 5) is 32.4. The van der Waals surface area contributed by atoms with Gasteiger partial charge in [-0.15, -0.1) is 0 Å². The maximum Gasteiger partial charge on any atom is 0.256 e. The molecule has 1 fully saturated rings. The topological polar surface area (TPSA) is 141 Å². The zero-order valence-electron chi connectivity index (χ0n) is 23.0. The molecule has 12 heteroatoms. The smallest absolute Gasteiger partial charge is 0.256 e. The molecule has 1 aromatic carbocycles. The highest BCUT2D eigenvalue weighted by molar-refractivity contribution is 6.41. The van der Waals surface area contributed by atoms with E-state index in [-0.39, 0.29) is 28.2 Å². The van der Waals surface area contributed by atoms with Crippen LogP contribution >= 0.6 is 0 Å². The molecule has 0 radical (unpaired) electrons. The molecule has 0 aromatic heterocycles. The normalized spacial score (nSPS) is 19.0. The van der Waals surface area contributed by atoms with E-state index < -0.39 is 11.7 Å². The van der Waals surface area contributed by atoms with Gasteiger partial charge >= 0.3 is 0 Å². The third-order valence-electron chi connectivity index (χ3n) is 5.84. The van der Waals surface area contributed by atoms with Crippen LogP contribution in [0.4, 0.5) is 10.1 Å². The predicted octanol–water partition coefficient (Wildman–Crippen LogP) is 2.63. The monoisotopic (exact) mass is 537 g/mol. The molecule has 39 heavy (non-hydrogen) atoms. The van der Waals surface area contributed by atoms with Crippen LogP contribution in [0.25, 0.3) is 0 Å². The van der Waals surface area contributed by atoms with Gasteiger partial charge in [0.15, 0.2) is 0 Å². The number of carbonyl (C=O) groups is 1. The Kier molecular flexibility index (Phi) is 9.72. The van der Waals surface area contributed by atoms with Crippen molar-refractivity contribution in [3.8, 4) is 0 Å². The minimum atomic E-state index is -0.600. The van der Waals surface area contributed by atoms with E-state index in [1.54, 1.807) is 20.2 Å². The molecule has 3 rings (SSSR count).